The molecule has 0 fully saturated rings. The molecule has 2 N–H and O–H groups in total. The molecule has 0 aliphatic carbocycles. The molecule has 0 amide bonds. The van der Waals surface area contributed by atoms with Crippen LogP contribution in [0.25, 0.3) is 0 Å². The monoisotopic (exact) mass is 181 g/mol. The van der Waals surface area contributed by atoms with Gasteiger partial charge >= 0.3 is 0 Å². The Kier molecular flexibility index (Phi) is 3.43. The van der Waals surface area contributed by atoms with Gasteiger partial charge in [0.15, 0.2) is 11.5 Å². The Balaban J connectivity index is 2.89. The van der Waals surface area contributed by atoms with Crippen LogP contribution in [0.15, 0.2) is 18.2 Å². The summed E-state index contributed by atoms with van der Waals surface area (Å²) in [6.45, 7) is 5.11. The normalized spacial score (nSPS) is 9.69. The van der Waals surface area contributed by atoms with Gasteiger partial charge in [0.1, 0.15) is 0 Å². The summed E-state index contributed by atoms with van der Waals surface area (Å²) in [5, 5.41) is 0. The second-order valence-electron chi connectivity index (χ2n) is 2.57. The molecule has 0 aliphatic rings. The number of nitrogens with two attached hydrogens (primary N) is 1. The molecule has 0 saturated carbocycles. The van der Waals surface area contributed by atoms with E-state index < -0.39 is 0 Å². The number of anilines is 1. The van der Waals surface area contributed by atoms with Crippen molar-refractivity contribution in [1.82, 2.24) is 0 Å². The molecule has 0 bridgehead atoms. The van der Waals surface area contributed by atoms with Crippen molar-refractivity contribution in [2.45, 2.75) is 13.8 Å². The van der Waals surface area contributed by atoms with Crippen molar-refractivity contribution in [3.63, 3.8) is 0 Å². The SMILES string of the molecule is CCOc1ccc(N)cc1OCC. The second-order valence-corrected chi connectivity index (χ2v) is 2.57. The van der Waals surface area contributed by atoms with Gasteiger partial charge in [-0.3, -0.25) is 0 Å². The lowest BCUT2D eigenvalue weighted by Gasteiger charge is -2.10. The fourth-order valence-corrected chi connectivity index (χ4v) is 1.07. The maximum atomic E-state index is 5.62. The highest BCUT2D eigenvalue weighted by molar-refractivity contribution is 5.51. The van der Waals surface area contributed by atoms with Crippen LogP contribution in [0.3, 0.4) is 0 Å². The highest BCUT2D eigenvalue weighted by Crippen LogP contribution is 2.29. The summed E-state index contributed by atoms with van der Waals surface area (Å²) < 4.78 is 10.7. The average molecular weight is 181 g/mol. The molecule has 0 unspecified atom stereocenters. The summed E-state index contributed by atoms with van der Waals surface area (Å²) in [6.07, 6.45) is 0. The van der Waals surface area contributed by atoms with Crippen molar-refractivity contribution in [1.29, 1.82) is 0 Å². The molecule has 1 aromatic carbocycles. The molecule has 3 heteroatoms. The van der Waals surface area contributed by atoms with Gasteiger partial charge in [-0.05, 0) is 26.0 Å². The van der Waals surface area contributed by atoms with E-state index in [2.05, 4.69) is 0 Å². The first-order chi connectivity index (χ1) is 6.27. The molecule has 1 rings (SSSR count). The average Bonchev–Trinajstić information content (AvgIpc) is 2.10. The van der Waals surface area contributed by atoms with E-state index in [1.165, 1.54) is 0 Å². The van der Waals surface area contributed by atoms with E-state index in [4.69, 9.17) is 15.2 Å². The quantitative estimate of drug-likeness (QED) is 0.723. The Labute approximate surface area is 78.5 Å². The van der Waals surface area contributed by atoms with Crippen molar-refractivity contribution in [2.75, 3.05) is 18.9 Å². The second kappa shape index (κ2) is 4.60. The third-order valence-corrected chi connectivity index (χ3v) is 1.57. The molecule has 3 nitrogen and oxygen atoms in total. The molecule has 0 radical (unpaired) electrons. The van der Waals surface area contributed by atoms with Crippen molar-refractivity contribution in [2.24, 2.45) is 0 Å². The van der Waals surface area contributed by atoms with E-state index in [0.717, 1.165) is 5.75 Å². The predicted octanol–water partition coefficient (Wildman–Crippen LogP) is 2.07. The molecule has 1 aromatic rings. The smallest absolute Gasteiger partial charge is 0.163 e. The van der Waals surface area contributed by atoms with Crippen LogP contribution in [0.4, 0.5) is 5.69 Å². The van der Waals surface area contributed by atoms with Crippen LogP contribution in [0.1, 0.15) is 13.8 Å². The van der Waals surface area contributed by atoms with E-state index in [9.17, 15) is 0 Å². The van der Waals surface area contributed by atoms with Gasteiger partial charge in [0.2, 0.25) is 0 Å². The molecule has 0 heterocycles. The van der Waals surface area contributed by atoms with Crippen LogP contribution < -0.4 is 15.2 Å². The lowest BCUT2D eigenvalue weighted by molar-refractivity contribution is 0.288. The zero-order valence-electron chi connectivity index (χ0n) is 8.04. The number of rotatable bonds is 4. The van der Waals surface area contributed by atoms with Crippen LogP contribution in [0, 0.1) is 0 Å². The lowest BCUT2D eigenvalue weighted by atomic mass is 10.3. The molecular formula is C10H15NO2. The number of hydrogen-bond acceptors (Lipinski definition) is 3. The topological polar surface area (TPSA) is 44.5 Å². The first kappa shape index (κ1) is 9.71. The Bertz CT molecular complexity index is 274. The number of nitrogen functional groups attached to an aromatic ring is 1. The predicted molar refractivity (Wildman–Crippen MR) is 53.2 cm³/mol. The van der Waals surface area contributed by atoms with E-state index in [-0.39, 0.29) is 0 Å². The largest absolute Gasteiger partial charge is 0.490 e. The third-order valence-electron chi connectivity index (χ3n) is 1.57. The molecule has 72 valence electrons. The highest BCUT2D eigenvalue weighted by atomic mass is 16.5. The number of benzene rings is 1. The molecule has 0 aromatic heterocycles. The minimum atomic E-state index is 0.615. The van der Waals surface area contributed by atoms with Gasteiger partial charge in [-0.25, -0.2) is 0 Å². The van der Waals surface area contributed by atoms with Crippen molar-refractivity contribution >= 4 is 5.69 Å². The lowest BCUT2D eigenvalue weighted by Crippen LogP contribution is -1.99. The number of ether oxygens (including phenoxy) is 2. The van der Waals surface area contributed by atoms with Crippen LogP contribution in [-0.4, -0.2) is 13.2 Å². The van der Waals surface area contributed by atoms with Gasteiger partial charge in [-0.15, -0.1) is 0 Å². The molecule has 13 heavy (non-hydrogen) atoms. The summed E-state index contributed by atoms with van der Waals surface area (Å²) in [7, 11) is 0. The van der Waals surface area contributed by atoms with E-state index in [1.807, 2.05) is 19.9 Å². The molecule has 0 aliphatic heterocycles. The van der Waals surface area contributed by atoms with Crippen molar-refractivity contribution < 1.29 is 9.47 Å². The van der Waals surface area contributed by atoms with E-state index >= 15 is 0 Å². The minimum absolute atomic E-state index is 0.615. The van der Waals surface area contributed by atoms with Crippen LogP contribution in [0.5, 0.6) is 11.5 Å². The van der Waals surface area contributed by atoms with Gasteiger partial charge < -0.3 is 15.2 Å². The van der Waals surface area contributed by atoms with E-state index in [1.54, 1.807) is 12.1 Å². The molecule has 0 saturated heterocycles. The highest BCUT2D eigenvalue weighted by Gasteiger charge is 2.03. The first-order valence-electron chi connectivity index (χ1n) is 4.43. The third kappa shape index (κ3) is 2.54. The molecule has 0 atom stereocenters. The summed E-state index contributed by atoms with van der Waals surface area (Å²) in [5.41, 5.74) is 6.31. The minimum Gasteiger partial charge on any atom is -0.490 e. The van der Waals surface area contributed by atoms with Gasteiger partial charge in [0.25, 0.3) is 0 Å². The van der Waals surface area contributed by atoms with Crippen LogP contribution >= 0.6 is 0 Å². The molecular weight excluding hydrogens is 166 g/mol. The summed E-state index contributed by atoms with van der Waals surface area (Å²) in [6, 6.07) is 5.39. The zero-order chi connectivity index (χ0) is 9.68. The fourth-order valence-electron chi connectivity index (χ4n) is 1.07. The Hall–Kier alpha value is -1.38. The Morgan fingerprint density at radius 3 is 2.31 bits per heavy atom. The van der Waals surface area contributed by atoms with Gasteiger partial charge in [0.05, 0.1) is 13.2 Å². The van der Waals surface area contributed by atoms with Gasteiger partial charge in [-0.2, -0.15) is 0 Å². The Morgan fingerprint density at radius 1 is 1.08 bits per heavy atom. The van der Waals surface area contributed by atoms with Gasteiger partial charge in [0, 0.05) is 11.8 Å². The van der Waals surface area contributed by atoms with Crippen molar-refractivity contribution in [3.8, 4) is 11.5 Å². The van der Waals surface area contributed by atoms with Crippen molar-refractivity contribution in [3.05, 3.63) is 18.2 Å². The molecule has 0 spiro atoms. The summed E-state index contributed by atoms with van der Waals surface area (Å²) in [4.78, 5) is 0. The van der Waals surface area contributed by atoms with Crippen LogP contribution in [-0.2, 0) is 0 Å². The summed E-state index contributed by atoms with van der Waals surface area (Å²) >= 11 is 0. The zero-order valence-corrected chi connectivity index (χ0v) is 8.04. The fraction of sp³-hybridized carbons (Fsp3) is 0.400. The van der Waals surface area contributed by atoms with Crippen LogP contribution in [0.2, 0.25) is 0 Å². The maximum absolute atomic E-state index is 5.62. The van der Waals surface area contributed by atoms with E-state index in [0.29, 0.717) is 24.7 Å². The maximum Gasteiger partial charge on any atom is 0.163 e. The number of hydrogen-bond donors (Lipinski definition) is 1. The first-order valence-corrected chi connectivity index (χ1v) is 4.43. The van der Waals surface area contributed by atoms with Gasteiger partial charge in [-0.1, -0.05) is 0 Å². The Morgan fingerprint density at radius 2 is 1.69 bits per heavy atom. The summed E-state index contributed by atoms with van der Waals surface area (Å²) in [5.74, 6) is 1.46. The standard InChI is InChI=1S/C10H15NO2/c1-3-12-9-6-5-8(11)7-10(9)13-4-2/h5-7H,3-4,11H2,1-2H3.